The fourth-order valence-corrected chi connectivity index (χ4v) is 3.41. The molecule has 27 heavy (non-hydrogen) atoms. The van der Waals surface area contributed by atoms with Crippen LogP contribution in [0.2, 0.25) is 0 Å². The average molecular weight is 400 g/mol. The van der Waals surface area contributed by atoms with E-state index < -0.39 is 43.2 Å². The molecule has 0 amide bonds. The lowest BCUT2D eigenvalue weighted by molar-refractivity contribution is -0.137. The molecule has 3 heterocycles. The maximum Gasteiger partial charge on any atom is 0.321 e. The lowest BCUT2D eigenvalue weighted by atomic mass is 10.1. The first kappa shape index (κ1) is 19.7. The molecule has 5 unspecified atom stereocenters. The molecule has 13 heteroatoms. The molecule has 1 aliphatic heterocycles. The molecule has 2 aromatic rings. The van der Waals surface area contributed by atoms with E-state index in [0.717, 1.165) is 0 Å². The maximum absolute atomic E-state index is 10.7. The fourth-order valence-electron chi connectivity index (χ4n) is 2.65. The number of aliphatic hydroxyl groups is 3. The highest BCUT2D eigenvalue weighted by atomic mass is 32.2. The minimum atomic E-state index is -1.25. The first-order valence-corrected chi connectivity index (χ1v) is 9.19. The summed E-state index contributed by atoms with van der Waals surface area (Å²) < 4.78 is 6.95. The number of imidazole rings is 1. The number of rotatable bonds is 8. The first-order chi connectivity index (χ1) is 12.9. The second-order valence-electron chi connectivity index (χ2n) is 5.91. The van der Waals surface area contributed by atoms with E-state index in [1.54, 1.807) is 0 Å². The summed E-state index contributed by atoms with van der Waals surface area (Å²) in [5.41, 5.74) is 6.23. The Morgan fingerprint density at radius 2 is 2.15 bits per heavy atom. The monoisotopic (exact) mass is 400 g/mol. The van der Waals surface area contributed by atoms with Crippen molar-refractivity contribution >= 4 is 34.7 Å². The summed E-state index contributed by atoms with van der Waals surface area (Å²) in [4.78, 5) is 23.2. The van der Waals surface area contributed by atoms with Gasteiger partial charge in [0.05, 0.1) is 18.8 Å². The Morgan fingerprint density at radius 3 is 2.81 bits per heavy atom. The van der Waals surface area contributed by atoms with Crippen LogP contribution in [0.25, 0.3) is 11.2 Å². The molecule has 148 valence electrons. The maximum atomic E-state index is 10.7. The van der Waals surface area contributed by atoms with E-state index >= 15 is 0 Å². The minimum absolute atomic E-state index is 0.230. The molecule has 1 aliphatic rings. The van der Waals surface area contributed by atoms with Crippen molar-refractivity contribution in [2.45, 2.75) is 30.6 Å². The number of ether oxygens (including phenoxy) is 1. The molecule has 1 saturated heterocycles. The Hall–Kier alpha value is -2.03. The zero-order valence-corrected chi connectivity index (χ0v) is 14.9. The highest BCUT2D eigenvalue weighted by Crippen LogP contribution is 2.32. The van der Waals surface area contributed by atoms with Crippen molar-refractivity contribution in [3.05, 3.63) is 12.7 Å². The van der Waals surface area contributed by atoms with E-state index in [2.05, 4.69) is 20.3 Å². The third-order valence-electron chi connectivity index (χ3n) is 4.11. The summed E-state index contributed by atoms with van der Waals surface area (Å²) in [6.45, 7) is -0.432. The molecule has 0 radical (unpaired) electrons. The zero-order chi connectivity index (χ0) is 19.6. The van der Waals surface area contributed by atoms with E-state index in [4.69, 9.17) is 15.6 Å². The summed E-state index contributed by atoms with van der Waals surface area (Å²) in [7, 11) is 0. The van der Waals surface area contributed by atoms with Crippen LogP contribution in [0.3, 0.4) is 0 Å². The number of carboxylic acid groups (broad SMARTS) is 1. The van der Waals surface area contributed by atoms with E-state index in [0.29, 0.717) is 22.9 Å². The summed E-state index contributed by atoms with van der Waals surface area (Å²) in [6.07, 6.45) is -1.63. The van der Waals surface area contributed by atoms with Gasteiger partial charge < -0.3 is 36.2 Å². The molecule has 0 spiro atoms. The smallest absolute Gasteiger partial charge is 0.321 e. The van der Waals surface area contributed by atoms with E-state index in [1.807, 2.05) is 0 Å². The van der Waals surface area contributed by atoms with Gasteiger partial charge in [-0.25, -0.2) is 15.0 Å². The third kappa shape index (κ3) is 3.97. The van der Waals surface area contributed by atoms with Crippen LogP contribution in [0.4, 0.5) is 5.82 Å². The minimum Gasteiger partial charge on any atom is -0.480 e. The number of aromatic nitrogens is 4. The quantitative estimate of drug-likeness (QED) is 0.210. The molecular weight excluding hydrogens is 380 g/mol. The fraction of sp³-hybridized carbons (Fsp3) is 0.571. The lowest BCUT2D eigenvalue weighted by Gasteiger charge is -2.16. The number of aliphatic hydroxyl groups excluding tert-OH is 3. The number of anilines is 1. The molecule has 0 aliphatic carbocycles. The van der Waals surface area contributed by atoms with Crippen LogP contribution in [0.1, 0.15) is 6.23 Å². The summed E-state index contributed by atoms with van der Waals surface area (Å²) >= 11 is 1.29. The number of nitrogens with two attached hydrogens (primary N) is 1. The summed E-state index contributed by atoms with van der Waals surface area (Å²) in [6, 6.07) is -0.951. The predicted molar refractivity (Wildman–Crippen MR) is 94.9 cm³/mol. The van der Waals surface area contributed by atoms with Crippen molar-refractivity contribution in [3.63, 3.8) is 0 Å². The van der Waals surface area contributed by atoms with Gasteiger partial charge in [0.1, 0.15) is 30.7 Å². The van der Waals surface area contributed by atoms with Crippen LogP contribution in [0.5, 0.6) is 0 Å². The molecule has 7 N–H and O–H groups in total. The Labute approximate surface area is 157 Å². The average Bonchev–Trinajstić information content (AvgIpc) is 3.20. The highest BCUT2D eigenvalue weighted by Gasteiger charge is 2.44. The van der Waals surface area contributed by atoms with Crippen LogP contribution in [-0.2, 0) is 9.53 Å². The largest absolute Gasteiger partial charge is 0.480 e. The number of aliphatic carboxylic acids is 1. The van der Waals surface area contributed by atoms with Crippen molar-refractivity contribution in [1.82, 2.24) is 19.5 Å². The molecule has 1 fully saturated rings. The number of nitrogens with zero attached hydrogens (tertiary/aromatic N) is 4. The number of thioether (sulfide) groups is 1. The first-order valence-electron chi connectivity index (χ1n) is 8.04. The molecule has 0 bridgehead atoms. The standard InChI is InChI=1S/C14H20N6O6S/c15-6(14(24)25)2-27-5-19-11-8-12(17-3-16-11)20(4-18-8)13-10(23)9(22)7(1-21)26-13/h3-4,6-7,9-10,13,21-23H,1-2,5,15H2,(H,24,25)(H,16,17,19). The van der Waals surface area contributed by atoms with E-state index in [1.165, 1.54) is 29.0 Å². The van der Waals surface area contributed by atoms with Gasteiger partial charge in [-0.1, -0.05) is 0 Å². The Balaban J connectivity index is 1.72. The van der Waals surface area contributed by atoms with Gasteiger partial charge in [0.25, 0.3) is 0 Å². The van der Waals surface area contributed by atoms with Crippen LogP contribution in [-0.4, -0.2) is 88.5 Å². The summed E-state index contributed by atoms with van der Waals surface area (Å²) in [5.74, 6) is -0.0625. The van der Waals surface area contributed by atoms with Crippen LogP contribution >= 0.6 is 11.8 Å². The SMILES string of the molecule is NC(CSCNc1ncnc2c1ncn2C1OC(CO)C(O)C1O)C(=O)O. The van der Waals surface area contributed by atoms with Crippen molar-refractivity contribution < 1.29 is 30.0 Å². The third-order valence-corrected chi connectivity index (χ3v) is 5.05. The predicted octanol–water partition coefficient (Wildman–Crippen LogP) is -2.05. The molecule has 5 atom stereocenters. The molecular formula is C14H20N6O6S. The van der Waals surface area contributed by atoms with Crippen molar-refractivity contribution in [2.24, 2.45) is 5.73 Å². The normalized spacial score (nSPS) is 26.4. The van der Waals surface area contributed by atoms with Gasteiger partial charge in [0.15, 0.2) is 23.2 Å². The van der Waals surface area contributed by atoms with Crippen LogP contribution in [0.15, 0.2) is 12.7 Å². The van der Waals surface area contributed by atoms with Crippen molar-refractivity contribution in [1.29, 1.82) is 0 Å². The van der Waals surface area contributed by atoms with Gasteiger partial charge >= 0.3 is 5.97 Å². The molecule has 2 aromatic heterocycles. The number of hydrogen-bond donors (Lipinski definition) is 6. The topological polar surface area (TPSA) is 189 Å². The lowest BCUT2D eigenvalue weighted by Crippen LogP contribution is -2.33. The van der Waals surface area contributed by atoms with Crippen LogP contribution in [0, 0.1) is 0 Å². The highest BCUT2D eigenvalue weighted by molar-refractivity contribution is 7.99. The Kier molecular flexibility index (Phi) is 6.08. The number of carbonyl (C=O) groups is 1. The van der Waals surface area contributed by atoms with E-state index in [-0.39, 0.29) is 5.75 Å². The number of fused-ring (bicyclic) bond motifs is 1. The van der Waals surface area contributed by atoms with E-state index in [9.17, 15) is 20.1 Å². The van der Waals surface area contributed by atoms with Crippen molar-refractivity contribution in [3.8, 4) is 0 Å². The molecule has 12 nitrogen and oxygen atoms in total. The number of nitrogens with one attached hydrogen (secondary N) is 1. The summed E-state index contributed by atoms with van der Waals surface area (Å²) in [5, 5.41) is 41.1. The van der Waals surface area contributed by atoms with Gasteiger partial charge in [-0.2, -0.15) is 0 Å². The molecule has 0 aromatic carbocycles. The van der Waals surface area contributed by atoms with Gasteiger partial charge in [0.2, 0.25) is 0 Å². The Morgan fingerprint density at radius 1 is 1.37 bits per heavy atom. The van der Waals surface area contributed by atoms with Crippen molar-refractivity contribution in [2.75, 3.05) is 23.6 Å². The van der Waals surface area contributed by atoms with Gasteiger partial charge in [-0.3, -0.25) is 9.36 Å². The second-order valence-corrected chi connectivity index (χ2v) is 6.94. The van der Waals surface area contributed by atoms with Gasteiger partial charge in [-0.15, -0.1) is 11.8 Å². The van der Waals surface area contributed by atoms with Gasteiger partial charge in [-0.05, 0) is 0 Å². The Bertz CT molecular complexity index is 805. The molecule has 0 saturated carbocycles. The van der Waals surface area contributed by atoms with Gasteiger partial charge in [0, 0.05) is 5.75 Å². The number of carboxylic acids is 1. The van der Waals surface area contributed by atoms with Crippen LogP contribution < -0.4 is 11.1 Å². The second kappa shape index (κ2) is 8.33. The zero-order valence-electron chi connectivity index (χ0n) is 14.0. The number of hydrogen-bond acceptors (Lipinski definition) is 11. The molecule has 3 rings (SSSR count).